The van der Waals surface area contributed by atoms with E-state index < -0.39 is 11.8 Å². The van der Waals surface area contributed by atoms with Crippen LogP contribution in [0.5, 0.6) is 11.6 Å². The van der Waals surface area contributed by atoms with Crippen LogP contribution in [0.2, 0.25) is 0 Å². The Labute approximate surface area is 121 Å². The summed E-state index contributed by atoms with van der Waals surface area (Å²) in [5, 5.41) is 20.5. The van der Waals surface area contributed by atoms with E-state index in [9.17, 15) is 9.90 Å². The van der Waals surface area contributed by atoms with Crippen molar-refractivity contribution in [1.29, 1.82) is 0 Å². The second-order valence-electron chi connectivity index (χ2n) is 4.86. The van der Waals surface area contributed by atoms with Gasteiger partial charge in [-0.2, -0.15) is 0 Å². The van der Waals surface area contributed by atoms with E-state index in [1.54, 1.807) is 24.3 Å². The molecule has 1 aliphatic rings. The Balaban J connectivity index is 1.80. The number of para-hydroxylation sites is 1. The van der Waals surface area contributed by atoms with Gasteiger partial charge in [0.1, 0.15) is 5.75 Å². The molecule has 7 nitrogen and oxygen atoms in total. The van der Waals surface area contributed by atoms with Gasteiger partial charge in [-0.25, -0.2) is 9.69 Å². The minimum atomic E-state index is -1.33. The zero-order chi connectivity index (χ0) is 14.9. The number of hydrogen-bond donors (Lipinski definition) is 2. The third kappa shape index (κ3) is 2.63. The number of carbonyl (C=O) groups is 1. The summed E-state index contributed by atoms with van der Waals surface area (Å²) < 4.78 is 5.52. The molecule has 1 atom stereocenters. The first-order valence-electron chi connectivity index (χ1n) is 6.43. The predicted octanol–water partition coefficient (Wildman–Crippen LogP) is 1.51. The fourth-order valence-electron chi connectivity index (χ4n) is 2.07. The van der Waals surface area contributed by atoms with Crippen LogP contribution >= 0.6 is 0 Å². The quantitative estimate of drug-likeness (QED) is 0.893. The first-order chi connectivity index (χ1) is 10.1. The minimum Gasteiger partial charge on any atom is -0.438 e. The largest absolute Gasteiger partial charge is 0.438 e. The number of amides is 2. The average Bonchev–Trinajstić information content (AvgIpc) is 2.75. The van der Waals surface area contributed by atoms with Crippen molar-refractivity contribution in [3.05, 3.63) is 42.5 Å². The minimum absolute atomic E-state index is 0.135. The van der Waals surface area contributed by atoms with Gasteiger partial charge in [0.05, 0.1) is 6.54 Å². The highest BCUT2D eigenvalue weighted by molar-refractivity contribution is 5.94. The molecule has 1 unspecified atom stereocenters. The van der Waals surface area contributed by atoms with Crippen molar-refractivity contribution in [3.8, 4) is 11.6 Å². The van der Waals surface area contributed by atoms with E-state index in [-0.39, 0.29) is 12.4 Å². The van der Waals surface area contributed by atoms with E-state index >= 15 is 0 Å². The third-order valence-corrected chi connectivity index (χ3v) is 3.08. The Hall–Kier alpha value is -2.67. The standard InChI is InChI=1S/C14H14N4O3/c1-14(20)9-15-13(19)18(14)11-7-8-12(17-16-11)21-10-5-3-2-4-6-10/h2-8,20H,9H2,1H3,(H,15,19). The molecular weight excluding hydrogens is 272 g/mol. The summed E-state index contributed by atoms with van der Waals surface area (Å²) in [7, 11) is 0. The molecule has 108 valence electrons. The molecule has 0 saturated carbocycles. The third-order valence-electron chi connectivity index (χ3n) is 3.08. The first kappa shape index (κ1) is 13.3. The van der Waals surface area contributed by atoms with Crippen LogP contribution in [0.4, 0.5) is 10.6 Å². The van der Waals surface area contributed by atoms with Gasteiger partial charge in [0.2, 0.25) is 5.88 Å². The molecule has 0 spiro atoms. The average molecular weight is 286 g/mol. The van der Waals surface area contributed by atoms with Gasteiger partial charge in [0.15, 0.2) is 11.5 Å². The van der Waals surface area contributed by atoms with Crippen molar-refractivity contribution in [2.75, 3.05) is 11.4 Å². The summed E-state index contributed by atoms with van der Waals surface area (Å²) >= 11 is 0. The normalized spacial score (nSPS) is 21.2. The fraction of sp³-hybridized carbons (Fsp3) is 0.214. The Morgan fingerprint density at radius 3 is 2.57 bits per heavy atom. The monoisotopic (exact) mass is 286 g/mol. The van der Waals surface area contributed by atoms with Crippen molar-refractivity contribution in [2.45, 2.75) is 12.6 Å². The number of carbonyl (C=O) groups excluding carboxylic acids is 1. The molecule has 1 saturated heterocycles. The van der Waals surface area contributed by atoms with E-state index in [0.29, 0.717) is 11.6 Å². The number of ether oxygens (including phenoxy) is 1. The topological polar surface area (TPSA) is 87.6 Å². The van der Waals surface area contributed by atoms with Crippen LogP contribution in [0, 0.1) is 0 Å². The number of aromatic nitrogens is 2. The van der Waals surface area contributed by atoms with Crippen molar-refractivity contribution in [1.82, 2.24) is 15.5 Å². The van der Waals surface area contributed by atoms with Crippen LogP contribution in [0.1, 0.15) is 6.92 Å². The van der Waals surface area contributed by atoms with Gasteiger partial charge in [-0.1, -0.05) is 18.2 Å². The van der Waals surface area contributed by atoms with Crippen LogP contribution in [0.25, 0.3) is 0 Å². The van der Waals surface area contributed by atoms with E-state index in [0.717, 1.165) is 4.90 Å². The molecule has 2 heterocycles. The highest BCUT2D eigenvalue weighted by Gasteiger charge is 2.41. The van der Waals surface area contributed by atoms with Gasteiger partial charge in [-0.3, -0.25) is 0 Å². The van der Waals surface area contributed by atoms with Gasteiger partial charge >= 0.3 is 6.03 Å². The maximum absolute atomic E-state index is 11.7. The van der Waals surface area contributed by atoms with Crippen LogP contribution in [-0.2, 0) is 0 Å². The number of benzene rings is 1. The lowest BCUT2D eigenvalue weighted by atomic mass is 10.2. The van der Waals surface area contributed by atoms with Gasteiger partial charge in [-0.15, -0.1) is 10.2 Å². The number of nitrogens with zero attached hydrogens (tertiary/aromatic N) is 3. The SMILES string of the molecule is CC1(O)CNC(=O)N1c1ccc(Oc2ccccc2)nn1. The summed E-state index contributed by atoms with van der Waals surface area (Å²) in [6.45, 7) is 1.66. The Kier molecular flexibility index (Phi) is 3.19. The fourth-order valence-corrected chi connectivity index (χ4v) is 2.07. The van der Waals surface area contributed by atoms with E-state index in [4.69, 9.17) is 4.74 Å². The number of urea groups is 1. The van der Waals surface area contributed by atoms with Crippen LogP contribution in [0.3, 0.4) is 0 Å². The molecule has 1 aromatic heterocycles. The zero-order valence-corrected chi connectivity index (χ0v) is 11.4. The molecule has 1 aliphatic heterocycles. The van der Waals surface area contributed by atoms with Crippen molar-refractivity contribution in [2.24, 2.45) is 0 Å². The van der Waals surface area contributed by atoms with E-state index in [2.05, 4.69) is 15.5 Å². The molecule has 1 fully saturated rings. The second-order valence-corrected chi connectivity index (χ2v) is 4.86. The number of hydrogen-bond acceptors (Lipinski definition) is 5. The van der Waals surface area contributed by atoms with Crippen LogP contribution in [-0.4, -0.2) is 33.6 Å². The van der Waals surface area contributed by atoms with Crippen molar-refractivity contribution in [3.63, 3.8) is 0 Å². The molecule has 0 bridgehead atoms. The van der Waals surface area contributed by atoms with Crippen LogP contribution in [0.15, 0.2) is 42.5 Å². The Morgan fingerprint density at radius 2 is 2.00 bits per heavy atom. The van der Waals surface area contributed by atoms with Gasteiger partial charge in [0, 0.05) is 6.07 Å². The lowest BCUT2D eigenvalue weighted by molar-refractivity contribution is 0.0851. The number of nitrogens with one attached hydrogen (secondary N) is 1. The highest BCUT2D eigenvalue weighted by Crippen LogP contribution is 2.25. The highest BCUT2D eigenvalue weighted by atomic mass is 16.5. The molecule has 21 heavy (non-hydrogen) atoms. The Morgan fingerprint density at radius 1 is 1.24 bits per heavy atom. The zero-order valence-electron chi connectivity index (χ0n) is 11.4. The number of aliphatic hydroxyl groups is 1. The van der Waals surface area contributed by atoms with Crippen LogP contribution < -0.4 is 15.0 Å². The molecular formula is C14H14N4O3. The molecule has 2 N–H and O–H groups in total. The van der Waals surface area contributed by atoms with Crippen molar-refractivity contribution < 1.29 is 14.6 Å². The lowest BCUT2D eigenvalue weighted by Gasteiger charge is -2.26. The molecule has 2 amide bonds. The van der Waals surface area contributed by atoms with Gasteiger partial charge in [0.25, 0.3) is 0 Å². The number of rotatable bonds is 3. The molecule has 3 rings (SSSR count). The molecule has 7 heteroatoms. The second kappa shape index (κ2) is 5.02. The number of anilines is 1. The molecule has 2 aromatic rings. The predicted molar refractivity (Wildman–Crippen MR) is 75.0 cm³/mol. The van der Waals surface area contributed by atoms with E-state index in [1.807, 2.05) is 18.2 Å². The van der Waals surface area contributed by atoms with Gasteiger partial charge < -0.3 is 15.2 Å². The lowest BCUT2D eigenvalue weighted by Crippen LogP contribution is -2.45. The molecule has 0 radical (unpaired) electrons. The summed E-state index contributed by atoms with van der Waals surface area (Å²) in [6.07, 6.45) is 0. The van der Waals surface area contributed by atoms with E-state index in [1.165, 1.54) is 6.92 Å². The number of β-amino-alcohol motifs (C(OH)–C–C–N with tert-alkyl or cyclic N) is 1. The van der Waals surface area contributed by atoms with Gasteiger partial charge in [-0.05, 0) is 25.1 Å². The molecule has 0 aliphatic carbocycles. The molecule has 1 aromatic carbocycles. The summed E-state index contributed by atoms with van der Waals surface area (Å²) in [4.78, 5) is 12.9. The van der Waals surface area contributed by atoms with Crippen molar-refractivity contribution >= 4 is 11.8 Å². The maximum Gasteiger partial charge on any atom is 0.325 e. The maximum atomic E-state index is 11.7. The summed E-state index contributed by atoms with van der Waals surface area (Å²) in [5.41, 5.74) is -1.33. The Bertz CT molecular complexity index is 643. The summed E-state index contributed by atoms with van der Waals surface area (Å²) in [5.74, 6) is 1.21. The smallest absolute Gasteiger partial charge is 0.325 e. The first-order valence-corrected chi connectivity index (χ1v) is 6.43. The summed E-state index contributed by atoms with van der Waals surface area (Å²) in [6, 6.07) is 11.9.